The number of halogens is 1. The number of carbonyl (C=O) groups excluding carboxylic acids is 1. The number of anilines is 1. The number of benzene rings is 1. The third-order valence-corrected chi connectivity index (χ3v) is 4.48. The first kappa shape index (κ1) is 17.8. The van der Waals surface area contributed by atoms with Crippen LogP contribution in [-0.2, 0) is 0 Å². The lowest BCUT2D eigenvalue weighted by Gasteiger charge is -2.43. The van der Waals surface area contributed by atoms with Crippen LogP contribution in [0.15, 0.2) is 24.3 Å². The molecule has 1 aliphatic carbocycles. The lowest BCUT2D eigenvalue weighted by molar-refractivity contribution is 0.0799. The quantitative estimate of drug-likeness (QED) is 0.841. The van der Waals surface area contributed by atoms with Gasteiger partial charge in [-0.05, 0) is 51.2 Å². The first-order chi connectivity index (χ1) is 9.53. The molecule has 0 spiro atoms. The fourth-order valence-corrected chi connectivity index (χ4v) is 2.97. The Bertz CT molecular complexity index is 453. The number of likely N-dealkylation sites (N-methyl/N-ethyl adjacent to an activating group) is 1. The number of carbonyl (C=O) groups is 1. The summed E-state index contributed by atoms with van der Waals surface area (Å²) in [6, 6.07) is 7.07. The van der Waals surface area contributed by atoms with E-state index >= 15 is 0 Å². The van der Waals surface area contributed by atoms with Crippen LogP contribution >= 0.6 is 12.4 Å². The molecule has 0 bridgehead atoms. The Balaban J connectivity index is 0.00000220. The standard InChI is InChI=1S/C16H25N3O.ClH/c1-19(2)16(10-4-3-5-11-16)12-18-15(20)13-6-8-14(17)9-7-13;/h6-9H,3-5,10-12,17H2,1-2H3,(H,18,20);1H. The van der Waals surface area contributed by atoms with Gasteiger partial charge in [-0.1, -0.05) is 19.3 Å². The van der Waals surface area contributed by atoms with Gasteiger partial charge < -0.3 is 16.0 Å². The molecule has 5 heteroatoms. The smallest absolute Gasteiger partial charge is 0.251 e. The highest BCUT2D eigenvalue weighted by Crippen LogP contribution is 2.31. The molecule has 118 valence electrons. The average molecular weight is 312 g/mol. The molecule has 1 amide bonds. The van der Waals surface area contributed by atoms with Crippen molar-refractivity contribution in [3.05, 3.63) is 29.8 Å². The van der Waals surface area contributed by atoms with Crippen molar-refractivity contribution in [3.63, 3.8) is 0 Å². The van der Waals surface area contributed by atoms with Crippen LogP contribution in [-0.4, -0.2) is 37.0 Å². The van der Waals surface area contributed by atoms with E-state index in [1.54, 1.807) is 24.3 Å². The predicted octanol–water partition coefficient (Wildman–Crippen LogP) is 2.68. The number of rotatable bonds is 4. The van der Waals surface area contributed by atoms with Gasteiger partial charge in [0.25, 0.3) is 5.91 Å². The van der Waals surface area contributed by atoms with Crippen LogP contribution in [0.1, 0.15) is 42.5 Å². The zero-order chi connectivity index (χ0) is 14.6. The summed E-state index contributed by atoms with van der Waals surface area (Å²) in [5.74, 6) is -0.0169. The van der Waals surface area contributed by atoms with Gasteiger partial charge in [-0.15, -0.1) is 12.4 Å². The maximum Gasteiger partial charge on any atom is 0.251 e. The van der Waals surface area contributed by atoms with E-state index in [1.807, 2.05) is 0 Å². The number of nitrogens with zero attached hydrogens (tertiary/aromatic N) is 1. The molecule has 1 aromatic carbocycles. The average Bonchev–Trinajstić information content (AvgIpc) is 2.46. The molecule has 1 aromatic rings. The first-order valence-corrected chi connectivity index (χ1v) is 7.35. The van der Waals surface area contributed by atoms with Crippen LogP contribution in [0.4, 0.5) is 5.69 Å². The molecular formula is C16H26ClN3O. The molecule has 0 heterocycles. The van der Waals surface area contributed by atoms with Gasteiger partial charge in [0.15, 0.2) is 0 Å². The van der Waals surface area contributed by atoms with Crippen molar-refractivity contribution in [2.75, 3.05) is 26.4 Å². The van der Waals surface area contributed by atoms with Crippen molar-refractivity contribution in [1.29, 1.82) is 0 Å². The largest absolute Gasteiger partial charge is 0.399 e. The molecule has 0 atom stereocenters. The number of hydrogen-bond donors (Lipinski definition) is 2. The van der Waals surface area contributed by atoms with Crippen LogP contribution in [0.5, 0.6) is 0 Å². The Hall–Kier alpha value is -1.26. The third-order valence-electron chi connectivity index (χ3n) is 4.48. The fourth-order valence-electron chi connectivity index (χ4n) is 2.97. The van der Waals surface area contributed by atoms with E-state index in [9.17, 15) is 4.79 Å². The molecule has 1 fully saturated rings. The van der Waals surface area contributed by atoms with E-state index in [0.717, 1.165) is 12.8 Å². The monoisotopic (exact) mass is 311 g/mol. The molecule has 0 aromatic heterocycles. The van der Waals surface area contributed by atoms with Crippen molar-refractivity contribution >= 4 is 24.0 Å². The summed E-state index contributed by atoms with van der Waals surface area (Å²) in [5, 5.41) is 3.09. The van der Waals surface area contributed by atoms with Crippen molar-refractivity contribution in [2.45, 2.75) is 37.6 Å². The Kier molecular flexibility index (Phi) is 6.49. The summed E-state index contributed by atoms with van der Waals surface area (Å²) < 4.78 is 0. The van der Waals surface area contributed by atoms with Gasteiger partial charge in [0, 0.05) is 23.3 Å². The van der Waals surface area contributed by atoms with E-state index in [-0.39, 0.29) is 23.9 Å². The van der Waals surface area contributed by atoms with Crippen molar-refractivity contribution in [2.24, 2.45) is 0 Å². The van der Waals surface area contributed by atoms with E-state index < -0.39 is 0 Å². The number of hydrogen-bond acceptors (Lipinski definition) is 3. The van der Waals surface area contributed by atoms with E-state index in [1.165, 1.54) is 19.3 Å². The molecule has 0 radical (unpaired) electrons. The highest BCUT2D eigenvalue weighted by molar-refractivity contribution is 5.94. The highest BCUT2D eigenvalue weighted by Gasteiger charge is 2.34. The lowest BCUT2D eigenvalue weighted by Crippen LogP contribution is -2.53. The summed E-state index contributed by atoms with van der Waals surface area (Å²) in [7, 11) is 4.22. The molecule has 0 aliphatic heterocycles. The summed E-state index contributed by atoms with van der Waals surface area (Å²) in [5.41, 5.74) is 7.10. The van der Waals surface area contributed by atoms with Crippen LogP contribution in [0.3, 0.4) is 0 Å². The Morgan fingerprint density at radius 2 is 1.76 bits per heavy atom. The molecule has 4 nitrogen and oxygen atoms in total. The molecule has 0 saturated heterocycles. The predicted molar refractivity (Wildman–Crippen MR) is 89.9 cm³/mol. The van der Waals surface area contributed by atoms with E-state index in [0.29, 0.717) is 17.8 Å². The minimum atomic E-state index is -0.0169. The van der Waals surface area contributed by atoms with Crippen molar-refractivity contribution in [3.8, 4) is 0 Å². The summed E-state index contributed by atoms with van der Waals surface area (Å²) in [6.07, 6.45) is 6.11. The molecule has 21 heavy (non-hydrogen) atoms. The van der Waals surface area contributed by atoms with Crippen LogP contribution < -0.4 is 11.1 Å². The topological polar surface area (TPSA) is 58.4 Å². The normalized spacial score (nSPS) is 17.1. The number of nitrogens with one attached hydrogen (secondary N) is 1. The summed E-state index contributed by atoms with van der Waals surface area (Å²) >= 11 is 0. The van der Waals surface area contributed by atoms with Gasteiger partial charge in [-0.3, -0.25) is 4.79 Å². The summed E-state index contributed by atoms with van der Waals surface area (Å²) in [4.78, 5) is 14.5. The van der Waals surface area contributed by atoms with Gasteiger partial charge in [0.2, 0.25) is 0 Å². The minimum Gasteiger partial charge on any atom is -0.399 e. The highest BCUT2D eigenvalue weighted by atomic mass is 35.5. The van der Waals surface area contributed by atoms with Crippen molar-refractivity contribution in [1.82, 2.24) is 10.2 Å². The molecule has 1 aliphatic rings. The van der Waals surface area contributed by atoms with Crippen molar-refractivity contribution < 1.29 is 4.79 Å². The van der Waals surface area contributed by atoms with Gasteiger partial charge in [0.1, 0.15) is 0 Å². The maximum absolute atomic E-state index is 12.2. The zero-order valence-electron chi connectivity index (χ0n) is 12.9. The SMILES string of the molecule is CN(C)C1(CNC(=O)c2ccc(N)cc2)CCCCC1.Cl. The second-order valence-electron chi connectivity index (χ2n) is 5.98. The molecular weight excluding hydrogens is 286 g/mol. The van der Waals surface area contributed by atoms with Gasteiger partial charge in [-0.2, -0.15) is 0 Å². The third kappa shape index (κ3) is 4.35. The maximum atomic E-state index is 12.2. The first-order valence-electron chi connectivity index (χ1n) is 7.35. The molecule has 2 rings (SSSR count). The fraction of sp³-hybridized carbons (Fsp3) is 0.562. The van der Waals surface area contributed by atoms with Gasteiger partial charge in [0.05, 0.1) is 0 Å². The zero-order valence-corrected chi connectivity index (χ0v) is 13.7. The second-order valence-corrected chi connectivity index (χ2v) is 5.98. The summed E-state index contributed by atoms with van der Waals surface area (Å²) in [6.45, 7) is 0.712. The number of nitrogens with two attached hydrogens (primary N) is 1. The Morgan fingerprint density at radius 3 is 2.29 bits per heavy atom. The van der Waals surface area contributed by atoms with E-state index in [2.05, 4.69) is 24.3 Å². The molecule has 1 saturated carbocycles. The van der Waals surface area contributed by atoms with Gasteiger partial charge >= 0.3 is 0 Å². The second kappa shape index (κ2) is 7.66. The van der Waals surface area contributed by atoms with Gasteiger partial charge in [-0.25, -0.2) is 0 Å². The lowest BCUT2D eigenvalue weighted by atomic mass is 9.80. The van der Waals surface area contributed by atoms with Crippen LogP contribution in [0.25, 0.3) is 0 Å². The molecule has 3 N–H and O–H groups in total. The number of nitrogen functional groups attached to an aromatic ring is 1. The van der Waals surface area contributed by atoms with E-state index in [4.69, 9.17) is 5.73 Å². The minimum absolute atomic E-state index is 0. The number of amides is 1. The van der Waals surface area contributed by atoms with Crippen LogP contribution in [0, 0.1) is 0 Å². The molecule has 0 unspecified atom stereocenters. The Morgan fingerprint density at radius 1 is 1.19 bits per heavy atom. The Labute approximate surface area is 133 Å². The van der Waals surface area contributed by atoms with Crippen LogP contribution in [0.2, 0.25) is 0 Å².